The summed E-state index contributed by atoms with van der Waals surface area (Å²) in [6.45, 7) is 4.90. The molecule has 0 aliphatic carbocycles. The van der Waals surface area contributed by atoms with Crippen LogP contribution < -0.4 is 5.73 Å². The highest BCUT2D eigenvalue weighted by Crippen LogP contribution is 2.34. The van der Waals surface area contributed by atoms with Crippen molar-refractivity contribution in [2.24, 2.45) is 5.73 Å². The molecule has 0 bridgehead atoms. The summed E-state index contributed by atoms with van der Waals surface area (Å²) in [7, 11) is 0. The summed E-state index contributed by atoms with van der Waals surface area (Å²) in [6, 6.07) is 5.33. The monoisotopic (exact) mass is 257 g/mol. The van der Waals surface area contributed by atoms with Gasteiger partial charge in [0.15, 0.2) is 0 Å². The molecule has 0 amide bonds. The van der Waals surface area contributed by atoms with E-state index in [2.05, 4.69) is 29.8 Å². The molecule has 3 N–H and O–H groups in total. The molecule has 1 rings (SSSR count). The van der Waals surface area contributed by atoms with Gasteiger partial charge in [0.2, 0.25) is 0 Å². The molecule has 0 saturated heterocycles. The van der Waals surface area contributed by atoms with Gasteiger partial charge in [-0.3, -0.25) is 0 Å². The van der Waals surface area contributed by atoms with Crippen LogP contribution in [0.25, 0.3) is 0 Å². The Hall–Kier alpha value is -0.540. The standard InChI is InChI=1S/C11H16BrNO/c1-11(2,5-6-13)9-7-8(14)3-4-10(9)12/h3-4,7,14H,5-6,13H2,1-2H3. The van der Waals surface area contributed by atoms with E-state index in [0.717, 1.165) is 16.5 Å². The summed E-state index contributed by atoms with van der Waals surface area (Å²) < 4.78 is 1.02. The Labute approximate surface area is 93.3 Å². The van der Waals surface area contributed by atoms with Crippen molar-refractivity contribution < 1.29 is 5.11 Å². The molecule has 0 radical (unpaired) electrons. The third kappa shape index (κ3) is 2.49. The molecule has 78 valence electrons. The van der Waals surface area contributed by atoms with E-state index in [1.54, 1.807) is 12.1 Å². The maximum absolute atomic E-state index is 9.42. The number of hydrogen-bond donors (Lipinski definition) is 2. The van der Waals surface area contributed by atoms with Gasteiger partial charge in [-0.25, -0.2) is 0 Å². The molecule has 0 aromatic heterocycles. The highest BCUT2D eigenvalue weighted by Gasteiger charge is 2.22. The van der Waals surface area contributed by atoms with E-state index in [1.807, 2.05) is 6.07 Å². The van der Waals surface area contributed by atoms with Crippen LogP contribution in [0.4, 0.5) is 0 Å². The van der Waals surface area contributed by atoms with Gasteiger partial charge in [-0.15, -0.1) is 0 Å². The number of hydrogen-bond acceptors (Lipinski definition) is 2. The number of aromatic hydroxyl groups is 1. The predicted molar refractivity (Wildman–Crippen MR) is 62.5 cm³/mol. The van der Waals surface area contributed by atoms with Gasteiger partial charge in [0.05, 0.1) is 0 Å². The van der Waals surface area contributed by atoms with Crippen molar-refractivity contribution in [2.45, 2.75) is 25.7 Å². The Balaban J connectivity index is 3.10. The number of rotatable bonds is 3. The minimum atomic E-state index is -0.00762. The molecule has 0 fully saturated rings. The molecule has 0 spiro atoms. The summed E-state index contributed by atoms with van der Waals surface area (Å²) >= 11 is 3.48. The van der Waals surface area contributed by atoms with Gasteiger partial charge in [-0.1, -0.05) is 29.8 Å². The lowest BCUT2D eigenvalue weighted by atomic mass is 9.81. The van der Waals surface area contributed by atoms with Crippen LogP contribution >= 0.6 is 15.9 Å². The highest BCUT2D eigenvalue weighted by atomic mass is 79.9. The quantitative estimate of drug-likeness (QED) is 0.875. The fraction of sp³-hybridized carbons (Fsp3) is 0.455. The first-order valence-corrected chi connectivity index (χ1v) is 5.46. The molecule has 0 heterocycles. The van der Waals surface area contributed by atoms with E-state index >= 15 is 0 Å². The van der Waals surface area contributed by atoms with Crippen LogP contribution in [0, 0.1) is 0 Å². The molecular formula is C11H16BrNO. The average molecular weight is 258 g/mol. The smallest absolute Gasteiger partial charge is 0.115 e. The Morgan fingerprint density at radius 3 is 2.64 bits per heavy atom. The molecule has 3 heteroatoms. The minimum absolute atomic E-state index is 0.00762. The van der Waals surface area contributed by atoms with Gasteiger partial charge in [-0.2, -0.15) is 0 Å². The third-order valence-electron chi connectivity index (χ3n) is 2.45. The Bertz CT molecular complexity index is 323. The van der Waals surface area contributed by atoms with Gasteiger partial charge in [-0.05, 0) is 42.1 Å². The molecule has 0 aliphatic rings. The molecule has 0 aliphatic heterocycles. The van der Waals surface area contributed by atoms with Crippen LogP contribution in [0.1, 0.15) is 25.8 Å². The highest BCUT2D eigenvalue weighted by molar-refractivity contribution is 9.10. The second-order valence-corrected chi connectivity index (χ2v) is 4.94. The first-order valence-electron chi connectivity index (χ1n) is 4.66. The maximum atomic E-state index is 9.42. The van der Waals surface area contributed by atoms with Crippen molar-refractivity contribution in [3.63, 3.8) is 0 Å². The summed E-state index contributed by atoms with van der Waals surface area (Å²) in [5.74, 6) is 0.299. The number of phenolic OH excluding ortho intramolecular Hbond substituents is 1. The molecular weight excluding hydrogens is 242 g/mol. The summed E-state index contributed by atoms with van der Waals surface area (Å²) in [6.07, 6.45) is 0.898. The predicted octanol–water partition coefficient (Wildman–Crippen LogP) is 2.78. The molecule has 14 heavy (non-hydrogen) atoms. The Morgan fingerprint density at radius 2 is 2.07 bits per heavy atom. The largest absolute Gasteiger partial charge is 0.508 e. The van der Waals surface area contributed by atoms with E-state index in [1.165, 1.54) is 0 Å². The summed E-state index contributed by atoms with van der Waals surface area (Å²) in [5.41, 5.74) is 6.65. The zero-order chi connectivity index (χ0) is 10.8. The topological polar surface area (TPSA) is 46.2 Å². The number of nitrogens with two attached hydrogens (primary N) is 1. The molecule has 0 atom stereocenters. The molecule has 1 aromatic rings. The first kappa shape index (κ1) is 11.5. The van der Waals surface area contributed by atoms with Crippen LogP contribution in [0.3, 0.4) is 0 Å². The fourth-order valence-corrected chi connectivity index (χ4v) is 2.31. The second-order valence-electron chi connectivity index (χ2n) is 4.09. The van der Waals surface area contributed by atoms with E-state index in [-0.39, 0.29) is 5.41 Å². The van der Waals surface area contributed by atoms with Gasteiger partial charge < -0.3 is 10.8 Å². The normalized spacial score (nSPS) is 11.7. The second kappa shape index (κ2) is 4.32. The number of halogens is 1. The van der Waals surface area contributed by atoms with Crippen molar-refractivity contribution in [3.05, 3.63) is 28.2 Å². The Morgan fingerprint density at radius 1 is 1.43 bits per heavy atom. The lowest BCUT2D eigenvalue weighted by Crippen LogP contribution is -2.22. The van der Waals surface area contributed by atoms with Gasteiger partial charge in [0.25, 0.3) is 0 Å². The summed E-state index contributed by atoms with van der Waals surface area (Å²) in [5, 5.41) is 9.42. The average Bonchev–Trinajstić information content (AvgIpc) is 2.09. The zero-order valence-electron chi connectivity index (χ0n) is 8.55. The van der Waals surface area contributed by atoms with Crippen molar-refractivity contribution in [3.8, 4) is 5.75 Å². The molecule has 0 saturated carbocycles. The van der Waals surface area contributed by atoms with Crippen molar-refractivity contribution >= 4 is 15.9 Å². The van der Waals surface area contributed by atoms with Crippen molar-refractivity contribution in [1.29, 1.82) is 0 Å². The summed E-state index contributed by atoms with van der Waals surface area (Å²) in [4.78, 5) is 0. The first-order chi connectivity index (χ1) is 6.47. The maximum Gasteiger partial charge on any atom is 0.115 e. The third-order valence-corrected chi connectivity index (χ3v) is 3.14. The zero-order valence-corrected chi connectivity index (χ0v) is 10.1. The van der Waals surface area contributed by atoms with Crippen LogP contribution in [0.2, 0.25) is 0 Å². The molecule has 1 aromatic carbocycles. The van der Waals surface area contributed by atoms with E-state index in [9.17, 15) is 5.11 Å². The molecule has 2 nitrogen and oxygen atoms in total. The van der Waals surface area contributed by atoms with E-state index in [4.69, 9.17) is 5.73 Å². The van der Waals surface area contributed by atoms with Crippen molar-refractivity contribution in [1.82, 2.24) is 0 Å². The number of benzene rings is 1. The van der Waals surface area contributed by atoms with Gasteiger partial charge in [0, 0.05) is 4.47 Å². The van der Waals surface area contributed by atoms with Crippen molar-refractivity contribution in [2.75, 3.05) is 6.54 Å². The van der Waals surface area contributed by atoms with Gasteiger partial charge in [0.1, 0.15) is 5.75 Å². The van der Waals surface area contributed by atoms with Crippen LogP contribution in [-0.4, -0.2) is 11.7 Å². The van der Waals surface area contributed by atoms with Crippen LogP contribution in [-0.2, 0) is 5.41 Å². The van der Waals surface area contributed by atoms with E-state index < -0.39 is 0 Å². The van der Waals surface area contributed by atoms with Gasteiger partial charge >= 0.3 is 0 Å². The SMILES string of the molecule is CC(C)(CCN)c1cc(O)ccc1Br. The number of phenols is 1. The molecule has 0 unspecified atom stereocenters. The van der Waals surface area contributed by atoms with Crippen LogP contribution in [0.5, 0.6) is 5.75 Å². The lowest BCUT2D eigenvalue weighted by Gasteiger charge is -2.25. The Kier molecular flexibility index (Phi) is 3.56. The van der Waals surface area contributed by atoms with Crippen LogP contribution in [0.15, 0.2) is 22.7 Å². The lowest BCUT2D eigenvalue weighted by molar-refractivity contribution is 0.458. The fourth-order valence-electron chi connectivity index (χ4n) is 1.53. The van der Waals surface area contributed by atoms with E-state index in [0.29, 0.717) is 12.3 Å². The minimum Gasteiger partial charge on any atom is -0.508 e.